The Labute approximate surface area is 128 Å². The molecule has 118 valence electrons. The summed E-state index contributed by atoms with van der Waals surface area (Å²) >= 11 is 5.18. The quantitative estimate of drug-likeness (QED) is 0.407. The van der Waals surface area contributed by atoms with Gasteiger partial charge in [-0.25, -0.2) is 0 Å². The van der Waals surface area contributed by atoms with Gasteiger partial charge in [0, 0.05) is 50.3 Å². The molecular formula is C12H20ClN5O3. The van der Waals surface area contributed by atoms with Crippen LogP contribution in [-0.4, -0.2) is 45.1 Å². The number of aryl methyl sites for hydroxylation is 2. The molecule has 1 aromatic heterocycles. The van der Waals surface area contributed by atoms with Gasteiger partial charge in [-0.2, -0.15) is 0 Å². The first-order valence-corrected chi connectivity index (χ1v) is 7.19. The van der Waals surface area contributed by atoms with E-state index in [1.54, 1.807) is 10.9 Å². The van der Waals surface area contributed by atoms with Crippen molar-refractivity contribution in [3.63, 3.8) is 0 Å². The van der Waals surface area contributed by atoms with Gasteiger partial charge in [-0.1, -0.05) is 5.21 Å². The van der Waals surface area contributed by atoms with Gasteiger partial charge >= 0.3 is 0 Å². The Bertz CT molecular complexity index is 452. The van der Waals surface area contributed by atoms with E-state index < -0.39 is 0 Å². The third kappa shape index (κ3) is 7.62. The van der Waals surface area contributed by atoms with E-state index in [-0.39, 0.29) is 24.8 Å². The zero-order valence-corrected chi connectivity index (χ0v) is 12.5. The molecule has 1 aromatic rings. The molecule has 0 saturated heterocycles. The molecule has 9 heteroatoms. The van der Waals surface area contributed by atoms with Gasteiger partial charge in [0.2, 0.25) is 11.8 Å². The maximum absolute atomic E-state index is 11.3. The maximum atomic E-state index is 11.3. The minimum atomic E-state index is -0.250. The number of nitrogens with zero attached hydrogens (tertiary/aromatic N) is 3. The van der Waals surface area contributed by atoms with Crippen LogP contribution >= 0.6 is 11.8 Å². The van der Waals surface area contributed by atoms with E-state index in [1.165, 1.54) is 0 Å². The zero-order valence-electron chi connectivity index (χ0n) is 11.7. The minimum Gasteiger partial charge on any atom is -0.395 e. The number of amides is 2. The van der Waals surface area contributed by atoms with Crippen LogP contribution in [0.3, 0.4) is 0 Å². The van der Waals surface area contributed by atoms with Crippen molar-refractivity contribution in [2.45, 2.75) is 38.6 Å². The molecule has 0 saturated carbocycles. The lowest BCUT2D eigenvalue weighted by molar-refractivity contribution is -0.121. The number of carbonyl (C=O) groups excluding carboxylic acids is 2. The molecule has 8 nitrogen and oxygen atoms in total. The van der Waals surface area contributed by atoms with Gasteiger partial charge in [-0.15, -0.1) is 5.10 Å². The standard InChI is InChI=1S/C12H20ClN5O3/c13-15-12(21)5-4-10-9-18(17-16-10)7-2-1-3-11(20)14-6-8-19/h9,19H,1-8H2,(H,14,20)(H,15,21). The molecule has 0 unspecified atom stereocenters. The maximum Gasteiger partial charge on any atom is 0.234 e. The molecule has 0 fully saturated rings. The Hall–Kier alpha value is -1.67. The molecule has 1 rings (SSSR count). The molecule has 0 aliphatic rings. The van der Waals surface area contributed by atoms with E-state index in [1.807, 2.05) is 4.84 Å². The van der Waals surface area contributed by atoms with E-state index in [9.17, 15) is 9.59 Å². The SMILES string of the molecule is O=C(CCc1cn(CCCCC(=O)NCCO)nn1)NCl. The minimum absolute atomic E-state index is 0.0464. The summed E-state index contributed by atoms with van der Waals surface area (Å²) in [6.07, 6.45) is 4.51. The summed E-state index contributed by atoms with van der Waals surface area (Å²) in [6, 6.07) is 0. The number of unbranched alkanes of at least 4 members (excludes halogenated alkanes) is 1. The smallest absolute Gasteiger partial charge is 0.234 e. The monoisotopic (exact) mass is 317 g/mol. The summed E-state index contributed by atoms with van der Waals surface area (Å²) in [5, 5.41) is 19.1. The molecule has 2 amide bonds. The fourth-order valence-electron chi connectivity index (χ4n) is 1.69. The molecule has 0 aromatic carbocycles. The van der Waals surface area contributed by atoms with Gasteiger partial charge < -0.3 is 10.4 Å². The molecule has 0 aliphatic carbocycles. The predicted molar refractivity (Wildman–Crippen MR) is 76.3 cm³/mol. The number of aliphatic hydroxyl groups is 1. The number of hydrogen-bond donors (Lipinski definition) is 3. The summed E-state index contributed by atoms with van der Waals surface area (Å²) in [7, 11) is 0. The van der Waals surface area contributed by atoms with Crippen LogP contribution in [0.25, 0.3) is 0 Å². The summed E-state index contributed by atoms with van der Waals surface area (Å²) in [4.78, 5) is 24.3. The van der Waals surface area contributed by atoms with Crippen molar-refractivity contribution >= 4 is 23.6 Å². The average Bonchev–Trinajstić information content (AvgIpc) is 2.95. The summed E-state index contributed by atoms with van der Waals surface area (Å²) < 4.78 is 1.69. The van der Waals surface area contributed by atoms with Crippen molar-refractivity contribution < 1.29 is 14.7 Å². The highest BCUT2D eigenvalue weighted by molar-refractivity contribution is 6.21. The molecule has 0 aliphatic heterocycles. The van der Waals surface area contributed by atoms with Crippen LogP contribution in [0.5, 0.6) is 0 Å². The van der Waals surface area contributed by atoms with Crippen LogP contribution in [0, 0.1) is 0 Å². The highest BCUT2D eigenvalue weighted by atomic mass is 35.5. The third-order valence-electron chi connectivity index (χ3n) is 2.77. The lowest BCUT2D eigenvalue weighted by atomic mass is 10.2. The largest absolute Gasteiger partial charge is 0.395 e. The second-order valence-electron chi connectivity index (χ2n) is 4.52. The summed E-state index contributed by atoms with van der Waals surface area (Å²) in [6.45, 7) is 0.915. The van der Waals surface area contributed by atoms with Crippen LogP contribution in [0.2, 0.25) is 0 Å². The number of hydrogen-bond acceptors (Lipinski definition) is 5. The fraction of sp³-hybridized carbons (Fsp3) is 0.667. The second kappa shape index (κ2) is 10.1. The average molecular weight is 318 g/mol. The van der Waals surface area contributed by atoms with Gasteiger partial charge in [0.1, 0.15) is 0 Å². The van der Waals surface area contributed by atoms with E-state index in [4.69, 9.17) is 16.9 Å². The lowest BCUT2D eigenvalue weighted by Gasteiger charge is -2.03. The predicted octanol–water partition coefficient (Wildman–Crippen LogP) is -0.240. The molecule has 3 N–H and O–H groups in total. The Kier molecular flexibility index (Phi) is 8.37. The van der Waals surface area contributed by atoms with Gasteiger partial charge in [-0.05, 0) is 12.8 Å². The highest BCUT2D eigenvalue weighted by Gasteiger charge is 2.05. The first-order valence-electron chi connectivity index (χ1n) is 6.81. The lowest BCUT2D eigenvalue weighted by Crippen LogP contribution is -2.26. The van der Waals surface area contributed by atoms with Crippen LogP contribution in [0.15, 0.2) is 6.20 Å². The van der Waals surface area contributed by atoms with Crippen LogP contribution in [0.1, 0.15) is 31.4 Å². The Morgan fingerprint density at radius 3 is 2.81 bits per heavy atom. The van der Waals surface area contributed by atoms with E-state index >= 15 is 0 Å². The van der Waals surface area contributed by atoms with Crippen LogP contribution in [-0.2, 0) is 22.6 Å². The number of rotatable bonds is 10. The molecular weight excluding hydrogens is 298 g/mol. The van der Waals surface area contributed by atoms with Crippen LogP contribution in [0.4, 0.5) is 0 Å². The molecule has 21 heavy (non-hydrogen) atoms. The normalized spacial score (nSPS) is 10.4. The molecule has 0 radical (unpaired) electrons. The number of nitrogens with one attached hydrogen (secondary N) is 2. The first kappa shape index (κ1) is 17.4. The van der Waals surface area contributed by atoms with Gasteiger partial charge in [-0.3, -0.25) is 19.1 Å². The van der Waals surface area contributed by atoms with E-state index in [2.05, 4.69) is 15.6 Å². The van der Waals surface area contributed by atoms with Gasteiger partial charge in [0.05, 0.1) is 12.3 Å². The van der Waals surface area contributed by atoms with Crippen molar-refractivity contribution in [3.05, 3.63) is 11.9 Å². The van der Waals surface area contributed by atoms with Crippen molar-refractivity contribution in [3.8, 4) is 0 Å². The second-order valence-corrected chi connectivity index (χ2v) is 4.71. The van der Waals surface area contributed by atoms with Crippen molar-refractivity contribution in [1.29, 1.82) is 0 Å². The van der Waals surface area contributed by atoms with Crippen molar-refractivity contribution in [2.24, 2.45) is 0 Å². The Morgan fingerprint density at radius 2 is 2.10 bits per heavy atom. The summed E-state index contributed by atoms with van der Waals surface area (Å²) in [5.74, 6) is -0.310. The van der Waals surface area contributed by atoms with Gasteiger partial charge in [0.25, 0.3) is 0 Å². The number of aromatic nitrogens is 3. The van der Waals surface area contributed by atoms with Crippen LogP contribution < -0.4 is 10.2 Å². The first-order chi connectivity index (χ1) is 10.2. The molecule has 0 spiro atoms. The van der Waals surface area contributed by atoms with E-state index in [0.29, 0.717) is 25.9 Å². The summed E-state index contributed by atoms with van der Waals surface area (Å²) in [5.41, 5.74) is 0.732. The van der Waals surface area contributed by atoms with E-state index in [0.717, 1.165) is 18.5 Å². The number of halogens is 1. The third-order valence-corrected chi connectivity index (χ3v) is 2.99. The fourth-order valence-corrected chi connectivity index (χ4v) is 1.79. The molecule has 0 bridgehead atoms. The zero-order chi connectivity index (χ0) is 15.5. The highest BCUT2D eigenvalue weighted by Crippen LogP contribution is 2.02. The topological polar surface area (TPSA) is 109 Å². The van der Waals surface area contributed by atoms with Crippen molar-refractivity contribution in [1.82, 2.24) is 25.1 Å². The molecule has 1 heterocycles. The van der Waals surface area contributed by atoms with Gasteiger partial charge in [0.15, 0.2) is 0 Å². The number of aliphatic hydroxyl groups excluding tert-OH is 1. The Morgan fingerprint density at radius 1 is 1.29 bits per heavy atom. The Balaban J connectivity index is 2.17. The van der Waals surface area contributed by atoms with Crippen molar-refractivity contribution in [2.75, 3.05) is 13.2 Å². The number of carbonyl (C=O) groups is 2. The molecule has 0 atom stereocenters.